The maximum atomic E-state index is 8.24. The average molecular weight is 158 g/mol. The third-order valence-corrected chi connectivity index (χ3v) is 1.72. The minimum atomic E-state index is 0.646. The molecule has 0 aliphatic carbocycles. The lowest BCUT2D eigenvalue weighted by molar-refractivity contribution is 1.44. The van der Waals surface area contributed by atoms with E-state index in [9.17, 15) is 0 Å². The van der Waals surface area contributed by atoms with Gasteiger partial charge in [0.25, 0.3) is 0 Å². The number of H-pyrrole nitrogens is 1. The summed E-state index contributed by atoms with van der Waals surface area (Å²) in [5.41, 5.74) is 9.87. The summed E-state index contributed by atoms with van der Waals surface area (Å²) in [4.78, 5) is 5.74. The molecule has 0 atom stereocenters. The molecule has 0 unspecified atom stereocenters. The van der Waals surface area contributed by atoms with Gasteiger partial charge in [-0.15, -0.1) is 0 Å². The predicted molar refractivity (Wildman–Crippen MR) is 47.1 cm³/mol. The standard InChI is InChI=1S/C8H6N4/c9-12-11-8-5-10-7-4-2-1-3-6(7)8/h1-5,10H. The number of hydrogen-bond acceptors (Lipinski definition) is 1. The number of nitrogens with one attached hydrogen (secondary N) is 1. The Bertz CT molecular complexity index is 451. The zero-order chi connectivity index (χ0) is 8.39. The molecule has 0 saturated heterocycles. The van der Waals surface area contributed by atoms with Crippen molar-refractivity contribution >= 4 is 16.6 Å². The van der Waals surface area contributed by atoms with Gasteiger partial charge in [-0.1, -0.05) is 23.3 Å². The normalized spacial score (nSPS) is 9.67. The number of aromatic amines is 1. The quantitative estimate of drug-likeness (QED) is 0.376. The summed E-state index contributed by atoms with van der Waals surface area (Å²) in [7, 11) is 0. The van der Waals surface area contributed by atoms with Gasteiger partial charge in [-0.2, -0.15) is 0 Å². The number of aromatic nitrogens is 1. The number of rotatable bonds is 1. The lowest BCUT2D eigenvalue weighted by Crippen LogP contribution is -1.62. The van der Waals surface area contributed by atoms with Crippen LogP contribution >= 0.6 is 0 Å². The highest BCUT2D eigenvalue weighted by molar-refractivity contribution is 5.90. The summed E-state index contributed by atoms with van der Waals surface area (Å²) >= 11 is 0. The fourth-order valence-corrected chi connectivity index (χ4v) is 1.19. The zero-order valence-electron chi connectivity index (χ0n) is 6.23. The van der Waals surface area contributed by atoms with Crippen molar-refractivity contribution in [2.45, 2.75) is 0 Å². The molecular weight excluding hydrogens is 152 g/mol. The fourth-order valence-electron chi connectivity index (χ4n) is 1.19. The number of hydrogen-bond donors (Lipinski definition) is 1. The van der Waals surface area contributed by atoms with Crippen molar-refractivity contribution in [3.8, 4) is 0 Å². The van der Waals surface area contributed by atoms with Crippen molar-refractivity contribution in [3.63, 3.8) is 0 Å². The second-order valence-corrected chi connectivity index (χ2v) is 2.41. The van der Waals surface area contributed by atoms with Crippen LogP contribution in [0.1, 0.15) is 0 Å². The van der Waals surface area contributed by atoms with E-state index in [-0.39, 0.29) is 0 Å². The van der Waals surface area contributed by atoms with Crippen molar-refractivity contribution in [2.24, 2.45) is 5.11 Å². The molecule has 58 valence electrons. The van der Waals surface area contributed by atoms with E-state index in [1.54, 1.807) is 6.20 Å². The Hall–Kier alpha value is -1.93. The van der Waals surface area contributed by atoms with Gasteiger partial charge in [0.05, 0.1) is 5.69 Å². The molecule has 12 heavy (non-hydrogen) atoms. The molecule has 0 spiro atoms. The minimum absolute atomic E-state index is 0.646. The Balaban J connectivity index is 2.78. The van der Waals surface area contributed by atoms with Gasteiger partial charge in [0, 0.05) is 22.0 Å². The number of azide groups is 1. The van der Waals surface area contributed by atoms with Crippen LogP contribution in [0.2, 0.25) is 0 Å². The van der Waals surface area contributed by atoms with Crippen LogP contribution in [0.3, 0.4) is 0 Å². The van der Waals surface area contributed by atoms with Crippen LogP contribution in [-0.4, -0.2) is 4.98 Å². The molecule has 0 bridgehead atoms. The summed E-state index contributed by atoms with van der Waals surface area (Å²) < 4.78 is 0. The van der Waals surface area contributed by atoms with E-state index in [2.05, 4.69) is 15.0 Å². The van der Waals surface area contributed by atoms with E-state index in [4.69, 9.17) is 5.53 Å². The highest BCUT2D eigenvalue weighted by Gasteiger charge is 1.98. The molecular formula is C8H6N4. The van der Waals surface area contributed by atoms with Crippen LogP contribution < -0.4 is 0 Å². The lowest BCUT2D eigenvalue weighted by Gasteiger charge is -1.87. The van der Waals surface area contributed by atoms with Crippen LogP contribution in [-0.2, 0) is 0 Å². The molecule has 0 amide bonds. The minimum Gasteiger partial charge on any atom is -0.361 e. The number of nitrogens with zero attached hydrogens (tertiary/aromatic N) is 3. The van der Waals surface area contributed by atoms with E-state index in [1.807, 2.05) is 24.3 Å². The van der Waals surface area contributed by atoms with E-state index < -0.39 is 0 Å². The van der Waals surface area contributed by atoms with Crippen molar-refractivity contribution in [3.05, 3.63) is 40.9 Å². The van der Waals surface area contributed by atoms with Gasteiger partial charge in [-0.05, 0) is 11.6 Å². The maximum absolute atomic E-state index is 8.24. The Morgan fingerprint density at radius 1 is 1.33 bits per heavy atom. The third-order valence-electron chi connectivity index (χ3n) is 1.72. The lowest BCUT2D eigenvalue weighted by atomic mass is 10.2. The maximum Gasteiger partial charge on any atom is 0.0628 e. The first kappa shape index (κ1) is 6.76. The molecule has 1 aromatic carbocycles. The molecule has 2 aromatic rings. The Kier molecular flexibility index (Phi) is 1.47. The molecule has 2 rings (SSSR count). The summed E-state index contributed by atoms with van der Waals surface area (Å²) in [6.07, 6.45) is 1.70. The largest absolute Gasteiger partial charge is 0.361 e. The zero-order valence-corrected chi connectivity index (χ0v) is 6.23. The topological polar surface area (TPSA) is 64.6 Å². The van der Waals surface area contributed by atoms with Crippen molar-refractivity contribution in [2.75, 3.05) is 0 Å². The van der Waals surface area contributed by atoms with Gasteiger partial charge in [0.1, 0.15) is 0 Å². The van der Waals surface area contributed by atoms with Crippen molar-refractivity contribution in [1.29, 1.82) is 0 Å². The first-order chi connectivity index (χ1) is 5.92. The predicted octanol–water partition coefficient (Wildman–Crippen LogP) is 3.11. The second-order valence-electron chi connectivity index (χ2n) is 2.41. The van der Waals surface area contributed by atoms with Crippen LogP contribution in [0.15, 0.2) is 35.6 Å². The molecule has 0 aliphatic heterocycles. The second kappa shape index (κ2) is 2.60. The van der Waals surface area contributed by atoms with Gasteiger partial charge >= 0.3 is 0 Å². The summed E-state index contributed by atoms with van der Waals surface area (Å²) in [6, 6.07) is 7.69. The molecule has 1 aromatic heterocycles. The number of benzene rings is 1. The molecule has 0 saturated carbocycles. The summed E-state index contributed by atoms with van der Waals surface area (Å²) in [6.45, 7) is 0. The molecule has 4 nitrogen and oxygen atoms in total. The van der Waals surface area contributed by atoms with E-state index in [1.165, 1.54) is 0 Å². The highest BCUT2D eigenvalue weighted by Crippen LogP contribution is 2.24. The smallest absolute Gasteiger partial charge is 0.0628 e. The Labute approximate surface area is 68.5 Å². The SMILES string of the molecule is [N-]=[N+]=Nc1c[nH]c2ccccc12. The van der Waals surface area contributed by atoms with Crippen LogP contribution in [0.5, 0.6) is 0 Å². The fraction of sp³-hybridized carbons (Fsp3) is 0. The van der Waals surface area contributed by atoms with E-state index in [0.29, 0.717) is 5.69 Å². The molecule has 0 fully saturated rings. The van der Waals surface area contributed by atoms with Gasteiger partial charge in [0.15, 0.2) is 0 Å². The van der Waals surface area contributed by atoms with E-state index >= 15 is 0 Å². The Morgan fingerprint density at radius 2 is 2.17 bits per heavy atom. The molecule has 1 heterocycles. The monoisotopic (exact) mass is 158 g/mol. The Morgan fingerprint density at radius 3 is 3.00 bits per heavy atom. The highest BCUT2D eigenvalue weighted by atomic mass is 15.1. The van der Waals surface area contributed by atoms with Crippen molar-refractivity contribution in [1.82, 2.24) is 4.98 Å². The summed E-state index contributed by atoms with van der Waals surface area (Å²) in [5, 5.41) is 4.50. The average Bonchev–Trinajstić information content (AvgIpc) is 2.50. The first-order valence-electron chi connectivity index (χ1n) is 3.53. The summed E-state index contributed by atoms with van der Waals surface area (Å²) in [5.74, 6) is 0. The van der Waals surface area contributed by atoms with Gasteiger partial charge in [-0.3, -0.25) is 0 Å². The van der Waals surface area contributed by atoms with Crippen LogP contribution in [0.4, 0.5) is 5.69 Å². The molecule has 4 heteroatoms. The van der Waals surface area contributed by atoms with Crippen LogP contribution in [0.25, 0.3) is 21.3 Å². The number of fused-ring (bicyclic) bond motifs is 1. The third kappa shape index (κ3) is 0.909. The molecule has 1 N–H and O–H groups in total. The molecule has 0 radical (unpaired) electrons. The van der Waals surface area contributed by atoms with Gasteiger partial charge in [-0.25, -0.2) is 0 Å². The van der Waals surface area contributed by atoms with Crippen LogP contribution in [0, 0.1) is 0 Å². The van der Waals surface area contributed by atoms with E-state index in [0.717, 1.165) is 10.9 Å². The number of para-hydroxylation sites is 1. The van der Waals surface area contributed by atoms with Gasteiger partial charge < -0.3 is 4.98 Å². The van der Waals surface area contributed by atoms with Gasteiger partial charge in [0.2, 0.25) is 0 Å². The molecule has 0 aliphatic rings. The first-order valence-corrected chi connectivity index (χ1v) is 3.53. The van der Waals surface area contributed by atoms with Crippen molar-refractivity contribution < 1.29 is 0 Å².